The molecule has 1 fully saturated rings. The molecule has 0 aromatic heterocycles. The summed E-state index contributed by atoms with van der Waals surface area (Å²) in [5, 5.41) is 0. The van der Waals surface area contributed by atoms with Crippen LogP contribution in [-0.2, 0) is 4.79 Å². The minimum atomic E-state index is 0.226. The van der Waals surface area contributed by atoms with Crippen molar-refractivity contribution >= 4 is 28.5 Å². The lowest BCUT2D eigenvalue weighted by Gasteiger charge is -2.20. The molecule has 1 saturated heterocycles. The third-order valence-corrected chi connectivity index (χ3v) is 3.55. The maximum atomic E-state index is 11.1. The lowest BCUT2D eigenvalue weighted by atomic mass is 10.0. The van der Waals surface area contributed by atoms with Crippen molar-refractivity contribution in [1.82, 2.24) is 4.90 Å². The third-order valence-electron chi connectivity index (χ3n) is 2.47. The van der Waals surface area contributed by atoms with Gasteiger partial charge < -0.3 is 4.90 Å². The highest BCUT2D eigenvalue weighted by Gasteiger charge is 2.25. The Morgan fingerprint density at radius 2 is 2.08 bits per heavy atom. The molecule has 2 nitrogen and oxygen atoms in total. The van der Waals surface area contributed by atoms with E-state index in [2.05, 4.69) is 29.5 Å². The molecule has 1 rings (SSSR count). The quantitative estimate of drug-likeness (QED) is 0.492. The van der Waals surface area contributed by atoms with Crippen molar-refractivity contribution in [3.8, 4) is 0 Å². The van der Waals surface area contributed by atoms with Crippen LogP contribution in [-0.4, -0.2) is 27.3 Å². The van der Waals surface area contributed by atoms with Gasteiger partial charge in [-0.05, 0) is 19.3 Å². The lowest BCUT2D eigenvalue weighted by molar-refractivity contribution is -0.128. The van der Waals surface area contributed by atoms with Gasteiger partial charge in [-0.1, -0.05) is 29.5 Å². The van der Waals surface area contributed by atoms with Crippen molar-refractivity contribution in [2.75, 3.05) is 13.1 Å². The topological polar surface area (TPSA) is 20.3 Å². The summed E-state index contributed by atoms with van der Waals surface area (Å²) in [6.07, 6.45) is 3.52. The standard InChI is InChI=1S/C9H16INO/c1-8(12)11-6-3-4-9(2,10)5-7-11/h3-7H2,1-2H3. The molecule has 0 bridgehead atoms. The van der Waals surface area contributed by atoms with Crippen LogP contribution in [0.5, 0.6) is 0 Å². The molecular weight excluding hydrogens is 265 g/mol. The van der Waals surface area contributed by atoms with E-state index in [1.165, 1.54) is 6.42 Å². The summed E-state index contributed by atoms with van der Waals surface area (Å²) in [7, 11) is 0. The predicted molar refractivity (Wildman–Crippen MR) is 58.5 cm³/mol. The molecule has 0 radical (unpaired) electrons. The summed E-state index contributed by atoms with van der Waals surface area (Å²) >= 11 is 2.51. The number of nitrogens with zero attached hydrogens (tertiary/aromatic N) is 1. The molecule has 0 N–H and O–H groups in total. The fraction of sp³-hybridized carbons (Fsp3) is 0.889. The van der Waals surface area contributed by atoms with E-state index >= 15 is 0 Å². The van der Waals surface area contributed by atoms with Crippen LogP contribution >= 0.6 is 22.6 Å². The fourth-order valence-corrected chi connectivity index (χ4v) is 2.18. The van der Waals surface area contributed by atoms with Crippen LogP contribution in [0, 0.1) is 0 Å². The normalized spacial score (nSPS) is 31.4. The average molecular weight is 281 g/mol. The van der Waals surface area contributed by atoms with E-state index < -0.39 is 0 Å². The van der Waals surface area contributed by atoms with Crippen molar-refractivity contribution in [2.24, 2.45) is 0 Å². The van der Waals surface area contributed by atoms with E-state index in [-0.39, 0.29) is 5.91 Å². The number of amides is 1. The van der Waals surface area contributed by atoms with Crippen molar-refractivity contribution in [3.63, 3.8) is 0 Å². The van der Waals surface area contributed by atoms with Crippen LogP contribution < -0.4 is 0 Å². The molecule has 0 aromatic rings. The lowest BCUT2D eigenvalue weighted by Crippen LogP contribution is -2.30. The Hall–Kier alpha value is 0.200. The maximum Gasteiger partial charge on any atom is 0.219 e. The zero-order valence-electron chi connectivity index (χ0n) is 7.77. The number of rotatable bonds is 0. The number of likely N-dealkylation sites (tertiary alicyclic amines) is 1. The Morgan fingerprint density at radius 1 is 1.42 bits per heavy atom. The largest absolute Gasteiger partial charge is 0.343 e. The molecule has 0 aromatic carbocycles. The molecule has 1 amide bonds. The molecule has 12 heavy (non-hydrogen) atoms. The first kappa shape index (κ1) is 10.3. The molecule has 1 aliphatic heterocycles. The molecule has 3 heteroatoms. The summed E-state index contributed by atoms with van der Waals surface area (Å²) in [6.45, 7) is 5.83. The summed E-state index contributed by atoms with van der Waals surface area (Å²) in [5.41, 5.74) is 0. The molecular formula is C9H16INO. The monoisotopic (exact) mass is 281 g/mol. The predicted octanol–water partition coefficient (Wildman–Crippen LogP) is 2.21. The minimum absolute atomic E-state index is 0.226. The maximum absolute atomic E-state index is 11.1. The van der Waals surface area contributed by atoms with Gasteiger partial charge in [0, 0.05) is 23.4 Å². The Labute approximate surface area is 87.8 Å². The minimum Gasteiger partial charge on any atom is -0.343 e. The Balaban J connectivity index is 2.50. The van der Waals surface area contributed by atoms with Crippen molar-refractivity contribution in [1.29, 1.82) is 0 Å². The van der Waals surface area contributed by atoms with Crippen LogP contribution in [0.4, 0.5) is 0 Å². The molecule has 0 aliphatic carbocycles. The van der Waals surface area contributed by atoms with Crippen LogP contribution in [0.25, 0.3) is 0 Å². The second kappa shape index (κ2) is 3.94. The highest BCUT2D eigenvalue weighted by Crippen LogP contribution is 2.30. The SMILES string of the molecule is CC(=O)N1CCCC(C)(I)CC1. The van der Waals surface area contributed by atoms with Gasteiger partial charge in [0.25, 0.3) is 0 Å². The van der Waals surface area contributed by atoms with Gasteiger partial charge in [-0.25, -0.2) is 0 Å². The number of hydrogen-bond acceptors (Lipinski definition) is 1. The van der Waals surface area contributed by atoms with Gasteiger partial charge >= 0.3 is 0 Å². The van der Waals surface area contributed by atoms with Crippen molar-refractivity contribution in [2.45, 2.75) is 36.5 Å². The molecule has 1 atom stereocenters. The summed E-state index contributed by atoms with van der Waals surface area (Å²) in [4.78, 5) is 13.0. The van der Waals surface area contributed by atoms with Crippen molar-refractivity contribution < 1.29 is 4.79 Å². The van der Waals surface area contributed by atoms with E-state index in [0.29, 0.717) is 3.42 Å². The van der Waals surface area contributed by atoms with Gasteiger partial charge in [0.1, 0.15) is 0 Å². The zero-order valence-corrected chi connectivity index (χ0v) is 9.93. The van der Waals surface area contributed by atoms with Crippen LogP contribution in [0.15, 0.2) is 0 Å². The summed E-state index contributed by atoms with van der Waals surface area (Å²) in [6, 6.07) is 0. The first-order chi connectivity index (χ1) is 5.51. The first-order valence-electron chi connectivity index (χ1n) is 4.46. The number of carbonyl (C=O) groups excluding carboxylic acids is 1. The van der Waals surface area contributed by atoms with E-state index in [0.717, 1.165) is 25.9 Å². The van der Waals surface area contributed by atoms with E-state index in [1.54, 1.807) is 6.92 Å². The van der Waals surface area contributed by atoms with Crippen molar-refractivity contribution in [3.05, 3.63) is 0 Å². The van der Waals surface area contributed by atoms with Gasteiger partial charge in [-0.2, -0.15) is 0 Å². The fourth-order valence-electron chi connectivity index (χ4n) is 1.56. The summed E-state index contributed by atoms with van der Waals surface area (Å²) < 4.78 is 0.405. The molecule has 1 heterocycles. The van der Waals surface area contributed by atoms with Crippen LogP contribution in [0.1, 0.15) is 33.1 Å². The number of hydrogen-bond donors (Lipinski definition) is 0. The van der Waals surface area contributed by atoms with E-state index in [9.17, 15) is 4.79 Å². The zero-order chi connectivity index (χ0) is 9.19. The summed E-state index contributed by atoms with van der Waals surface area (Å²) in [5.74, 6) is 0.226. The molecule has 0 spiro atoms. The number of halogens is 1. The van der Waals surface area contributed by atoms with E-state index in [4.69, 9.17) is 0 Å². The smallest absolute Gasteiger partial charge is 0.219 e. The molecule has 1 unspecified atom stereocenters. The van der Waals surface area contributed by atoms with Gasteiger partial charge in [0.15, 0.2) is 0 Å². The Bertz CT molecular complexity index is 179. The first-order valence-corrected chi connectivity index (χ1v) is 5.54. The van der Waals surface area contributed by atoms with Gasteiger partial charge in [0.2, 0.25) is 5.91 Å². The highest BCUT2D eigenvalue weighted by atomic mass is 127. The van der Waals surface area contributed by atoms with Crippen LogP contribution in [0.3, 0.4) is 0 Å². The second-order valence-electron chi connectivity index (χ2n) is 3.77. The van der Waals surface area contributed by atoms with E-state index in [1.807, 2.05) is 4.90 Å². The number of carbonyl (C=O) groups is 1. The van der Waals surface area contributed by atoms with Gasteiger partial charge in [-0.3, -0.25) is 4.79 Å². The average Bonchev–Trinajstić information content (AvgIpc) is 2.10. The molecule has 1 aliphatic rings. The highest BCUT2D eigenvalue weighted by molar-refractivity contribution is 14.1. The molecule has 70 valence electrons. The van der Waals surface area contributed by atoms with Gasteiger partial charge in [0.05, 0.1) is 0 Å². The second-order valence-corrected chi connectivity index (χ2v) is 6.38. The third kappa shape index (κ3) is 2.92. The van der Waals surface area contributed by atoms with Crippen LogP contribution in [0.2, 0.25) is 0 Å². The number of alkyl halides is 1. The Kier molecular flexibility index (Phi) is 3.37. The van der Waals surface area contributed by atoms with Gasteiger partial charge in [-0.15, -0.1) is 0 Å². The Morgan fingerprint density at radius 3 is 2.67 bits per heavy atom. The molecule has 0 saturated carbocycles.